The van der Waals surface area contributed by atoms with E-state index < -0.39 is 0 Å². The summed E-state index contributed by atoms with van der Waals surface area (Å²) in [7, 11) is 3.16. The molecule has 2 aromatic rings. The second-order valence-electron chi connectivity index (χ2n) is 3.92. The van der Waals surface area contributed by atoms with Gasteiger partial charge in [0.2, 0.25) is 0 Å². The molecule has 0 bridgehead atoms. The molecule has 0 saturated heterocycles. The summed E-state index contributed by atoms with van der Waals surface area (Å²) in [6.45, 7) is 1.85. The minimum atomic E-state index is -0.0166. The Labute approximate surface area is 105 Å². The van der Waals surface area contributed by atoms with Gasteiger partial charge in [0.05, 0.1) is 19.6 Å². The van der Waals surface area contributed by atoms with Gasteiger partial charge >= 0.3 is 0 Å². The van der Waals surface area contributed by atoms with Crippen molar-refractivity contribution >= 4 is 16.7 Å². The van der Waals surface area contributed by atoms with Crippen LogP contribution in [0.5, 0.6) is 11.5 Å². The number of nitrogens with one attached hydrogen (secondary N) is 1. The topological polar surface area (TPSA) is 81.2 Å². The number of pyridine rings is 1. The van der Waals surface area contributed by atoms with Gasteiger partial charge in [0.25, 0.3) is 0 Å². The van der Waals surface area contributed by atoms with Gasteiger partial charge in [0, 0.05) is 11.3 Å². The van der Waals surface area contributed by atoms with Crippen molar-refractivity contribution in [2.75, 3.05) is 14.2 Å². The summed E-state index contributed by atoms with van der Waals surface area (Å²) in [6.07, 6.45) is 0. The van der Waals surface area contributed by atoms with Crippen molar-refractivity contribution in [3.8, 4) is 11.5 Å². The average Bonchev–Trinajstić information content (AvgIpc) is 2.36. The van der Waals surface area contributed by atoms with Gasteiger partial charge in [-0.05, 0) is 25.1 Å². The first-order valence-electron chi connectivity index (χ1n) is 5.45. The van der Waals surface area contributed by atoms with E-state index in [0.717, 1.165) is 5.69 Å². The van der Waals surface area contributed by atoms with Crippen molar-refractivity contribution in [2.24, 2.45) is 5.73 Å². The Morgan fingerprint density at radius 2 is 1.83 bits per heavy atom. The number of aryl methyl sites for hydroxylation is 1. The summed E-state index contributed by atoms with van der Waals surface area (Å²) in [5.41, 5.74) is 7.66. The van der Waals surface area contributed by atoms with E-state index in [9.17, 15) is 0 Å². The SMILES string of the molecule is COc1ccc(OC)c2c(C(=N)N)cc(C)nc12. The molecule has 0 atom stereocenters. The Kier molecular flexibility index (Phi) is 3.06. The first kappa shape index (κ1) is 12.2. The molecule has 18 heavy (non-hydrogen) atoms. The third-order valence-electron chi connectivity index (χ3n) is 2.74. The highest BCUT2D eigenvalue weighted by atomic mass is 16.5. The zero-order valence-corrected chi connectivity index (χ0v) is 10.6. The van der Waals surface area contributed by atoms with E-state index in [4.69, 9.17) is 20.6 Å². The zero-order valence-electron chi connectivity index (χ0n) is 10.6. The van der Waals surface area contributed by atoms with Crippen LogP contribution in [0.15, 0.2) is 18.2 Å². The fraction of sp³-hybridized carbons (Fsp3) is 0.231. The summed E-state index contributed by atoms with van der Waals surface area (Å²) >= 11 is 0. The molecule has 0 saturated carbocycles. The van der Waals surface area contributed by atoms with Crippen LogP contribution in [0.4, 0.5) is 0 Å². The molecule has 0 aliphatic carbocycles. The van der Waals surface area contributed by atoms with Crippen molar-refractivity contribution in [1.82, 2.24) is 4.98 Å². The quantitative estimate of drug-likeness (QED) is 0.638. The normalized spacial score (nSPS) is 10.4. The van der Waals surface area contributed by atoms with Crippen molar-refractivity contribution in [3.63, 3.8) is 0 Å². The summed E-state index contributed by atoms with van der Waals surface area (Å²) in [5, 5.41) is 8.37. The van der Waals surface area contributed by atoms with Crippen LogP contribution in [-0.2, 0) is 0 Å². The second kappa shape index (κ2) is 4.52. The molecular weight excluding hydrogens is 230 g/mol. The molecule has 1 aromatic carbocycles. The lowest BCUT2D eigenvalue weighted by atomic mass is 10.1. The van der Waals surface area contributed by atoms with Crippen LogP contribution in [-0.4, -0.2) is 25.0 Å². The van der Waals surface area contributed by atoms with Crippen molar-refractivity contribution in [1.29, 1.82) is 5.41 Å². The van der Waals surface area contributed by atoms with Gasteiger partial charge in [-0.1, -0.05) is 0 Å². The summed E-state index contributed by atoms with van der Waals surface area (Å²) in [4.78, 5) is 4.44. The molecule has 0 aliphatic heterocycles. The molecule has 0 fully saturated rings. The monoisotopic (exact) mass is 245 g/mol. The Morgan fingerprint density at radius 3 is 2.39 bits per heavy atom. The molecule has 5 nitrogen and oxygen atoms in total. The van der Waals surface area contributed by atoms with Gasteiger partial charge in [0.15, 0.2) is 0 Å². The smallest absolute Gasteiger partial charge is 0.145 e. The highest BCUT2D eigenvalue weighted by Gasteiger charge is 2.15. The van der Waals surface area contributed by atoms with Crippen LogP contribution in [0.25, 0.3) is 10.9 Å². The highest BCUT2D eigenvalue weighted by molar-refractivity contribution is 6.10. The van der Waals surface area contributed by atoms with Gasteiger partial charge in [-0.3, -0.25) is 5.41 Å². The molecule has 3 N–H and O–H groups in total. The van der Waals surface area contributed by atoms with E-state index in [0.29, 0.717) is 28.0 Å². The number of methoxy groups -OCH3 is 2. The number of nitrogens with two attached hydrogens (primary N) is 1. The lowest BCUT2D eigenvalue weighted by Crippen LogP contribution is -2.13. The maximum absolute atomic E-state index is 7.67. The minimum Gasteiger partial charge on any atom is -0.496 e. The summed E-state index contributed by atoms with van der Waals surface area (Å²) in [6, 6.07) is 5.34. The van der Waals surface area contributed by atoms with Crippen molar-refractivity contribution in [2.45, 2.75) is 6.92 Å². The number of ether oxygens (including phenoxy) is 2. The minimum absolute atomic E-state index is 0.0166. The van der Waals surface area contributed by atoms with E-state index in [2.05, 4.69) is 4.98 Å². The molecule has 0 unspecified atom stereocenters. The highest BCUT2D eigenvalue weighted by Crippen LogP contribution is 2.34. The molecule has 0 aliphatic rings. The number of nitrogens with zero attached hydrogens (tertiary/aromatic N) is 1. The number of fused-ring (bicyclic) bond motifs is 1. The maximum Gasteiger partial charge on any atom is 0.145 e. The van der Waals surface area contributed by atoms with Crippen LogP contribution in [0.1, 0.15) is 11.3 Å². The van der Waals surface area contributed by atoms with Gasteiger partial charge < -0.3 is 15.2 Å². The van der Waals surface area contributed by atoms with Crippen LogP contribution >= 0.6 is 0 Å². The maximum atomic E-state index is 7.67. The van der Waals surface area contributed by atoms with Gasteiger partial charge in [0.1, 0.15) is 22.9 Å². The third-order valence-corrected chi connectivity index (χ3v) is 2.74. The average molecular weight is 245 g/mol. The Morgan fingerprint density at radius 1 is 1.22 bits per heavy atom. The molecule has 1 heterocycles. The third kappa shape index (κ3) is 1.84. The number of rotatable bonds is 3. The molecule has 0 spiro atoms. The fourth-order valence-electron chi connectivity index (χ4n) is 1.96. The number of hydrogen-bond acceptors (Lipinski definition) is 4. The molecule has 2 rings (SSSR count). The first-order valence-corrected chi connectivity index (χ1v) is 5.45. The van der Waals surface area contributed by atoms with E-state index in [1.54, 1.807) is 32.4 Å². The second-order valence-corrected chi connectivity index (χ2v) is 3.92. The molecule has 94 valence electrons. The van der Waals surface area contributed by atoms with Crippen molar-refractivity contribution in [3.05, 3.63) is 29.5 Å². The predicted octanol–water partition coefficient (Wildman–Crippen LogP) is 1.84. The largest absolute Gasteiger partial charge is 0.496 e. The molecule has 5 heteroatoms. The van der Waals surface area contributed by atoms with Crippen LogP contribution in [0.2, 0.25) is 0 Å². The van der Waals surface area contributed by atoms with E-state index >= 15 is 0 Å². The van der Waals surface area contributed by atoms with Crippen molar-refractivity contribution < 1.29 is 9.47 Å². The number of aromatic nitrogens is 1. The van der Waals surface area contributed by atoms with Crippen LogP contribution in [0, 0.1) is 12.3 Å². The number of amidine groups is 1. The number of benzene rings is 1. The van der Waals surface area contributed by atoms with Gasteiger partial charge in [-0.25, -0.2) is 4.98 Å². The van der Waals surface area contributed by atoms with Gasteiger partial charge in [-0.15, -0.1) is 0 Å². The predicted molar refractivity (Wildman–Crippen MR) is 70.6 cm³/mol. The number of nitrogen functional groups attached to an aromatic ring is 1. The molecule has 0 amide bonds. The Balaban J connectivity index is 2.96. The Bertz CT molecular complexity index is 623. The fourth-order valence-corrected chi connectivity index (χ4v) is 1.96. The molecule has 0 radical (unpaired) electrons. The first-order chi connectivity index (χ1) is 8.58. The Hall–Kier alpha value is -2.30. The van der Waals surface area contributed by atoms with Crippen LogP contribution in [0.3, 0.4) is 0 Å². The zero-order chi connectivity index (χ0) is 13.3. The van der Waals surface area contributed by atoms with E-state index in [-0.39, 0.29) is 5.84 Å². The number of hydrogen-bond donors (Lipinski definition) is 2. The van der Waals surface area contributed by atoms with Gasteiger partial charge in [-0.2, -0.15) is 0 Å². The van der Waals surface area contributed by atoms with Crippen LogP contribution < -0.4 is 15.2 Å². The standard InChI is InChI=1S/C13H15N3O2/c1-7-6-8(13(14)15)11-9(17-2)4-5-10(18-3)12(11)16-7/h4-6H,1-3H3,(H3,14,15). The lowest BCUT2D eigenvalue weighted by molar-refractivity contribution is 0.409. The lowest BCUT2D eigenvalue weighted by Gasteiger charge is -2.13. The molecular formula is C13H15N3O2. The summed E-state index contributed by atoms with van der Waals surface area (Å²) < 4.78 is 10.6. The molecule has 1 aromatic heterocycles. The summed E-state index contributed by atoms with van der Waals surface area (Å²) in [5.74, 6) is 1.25. The van der Waals surface area contributed by atoms with E-state index in [1.165, 1.54) is 0 Å². The van der Waals surface area contributed by atoms with E-state index in [1.807, 2.05) is 6.92 Å².